The van der Waals surface area contributed by atoms with Crippen molar-refractivity contribution in [2.75, 3.05) is 26.7 Å². The number of hydrogen-bond acceptors (Lipinski definition) is 3. The minimum Gasteiger partial charge on any atom is -0.345 e. The van der Waals surface area contributed by atoms with E-state index in [0.29, 0.717) is 12.3 Å². The molecule has 1 aliphatic heterocycles. The molecular weight excluding hydrogens is 324 g/mol. The predicted molar refractivity (Wildman–Crippen MR) is 104 cm³/mol. The maximum absolute atomic E-state index is 12.5. The first-order valence-electron chi connectivity index (χ1n) is 9.66. The van der Waals surface area contributed by atoms with Gasteiger partial charge in [0, 0.05) is 58.5 Å². The van der Waals surface area contributed by atoms with Gasteiger partial charge < -0.3 is 9.47 Å². The number of rotatable bonds is 8. The molecule has 0 unspecified atom stereocenters. The van der Waals surface area contributed by atoms with Gasteiger partial charge in [-0.1, -0.05) is 37.3 Å². The molecule has 0 N–H and O–H groups in total. The van der Waals surface area contributed by atoms with Crippen LogP contribution in [0.1, 0.15) is 31.2 Å². The molecule has 1 atom stereocenters. The van der Waals surface area contributed by atoms with Crippen molar-refractivity contribution in [2.24, 2.45) is 5.92 Å². The summed E-state index contributed by atoms with van der Waals surface area (Å²) >= 11 is 0. The smallest absolute Gasteiger partial charge is 0.224 e. The molecule has 26 heavy (non-hydrogen) atoms. The molecule has 140 valence electrons. The van der Waals surface area contributed by atoms with Crippen LogP contribution >= 0.6 is 0 Å². The zero-order valence-electron chi connectivity index (χ0n) is 16.0. The van der Waals surface area contributed by atoms with Gasteiger partial charge in [-0.2, -0.15) is 0 Å². The summed E-state index contributed by atoms with van der Waals surface area (Å²) in [5, 5.41) is 0. The van der Waals surface area contributed by atoms with Gasteiger partial charge in [0.15, 0.2) is 0 Å². The van der Waals surface area contributed by atoms with Crippen molar-refractivity contribution in [3.8, 4) is 0 Å². The van der Waals surface area contributed by atoms with Crippen molar-refractivity contribution in [3.05, 3.63) is 54.1 Å². The third-order valence-electron chi connectivity index (χ3n) is 5.26. The van der Waals surface area contributed by atoms with Crippen LogP contribution in [0.4, 0.5) is 0 Å². The molecule has 0 aliphatic carbocycles. The maximum Gasteiger partial charge on any atom is 0.224 e. The average molecular weight is 354 g/mol. The Balaban J connectivity index is 1.41. The van der Waals surface area contributed by atoms with E-state index < -0.39 is 0 Å². The molecule has 5 heteroatoms. The standard InChI is InChI=1S/C21H30N4O/c1-3-20-22-11-14-25(20)13-10-21(26)23(2)15-19-9-12-24(17-19)16-18-7-5-4-6-8-18/h4-8,11,14,19H,3,9-10,12-13,15-17H2,1-2H3/t19-/m1/s1. The maximum atomic E-state index is 12.5. The molecule has 1 aliphatic rings. The van der Waals surface area contributed by atoms with Gasteiger partial charge in [-0.25, -0.2) is 4.98 Å². The molecule has 2 aromatic rings. The van der Waals surface area contributed by atoms with Gasteiger partial charge in [0.25, 0.3) is 0 Å². The van der Waals surface area contributed by atoms with Gasteiger partial charge in [-0.05, 0) is 24.4 Å². The van der Waals surface area contributed by atoms with Crippen molar-refractivity contribution in [1.29, 1.82) is 0 Å². The first kappa shape index (κ1) is 18.6. The fraction of sp³-hybridized carbons (Fsp3) is 0.524. The number of benzene rings is 1. The van der Waals surface area contributed by atoms with Crippen molar-refractivity contribution in [3.63, 3.8) is 0 Å². The predicted octanol–water partition coefficient (Wildman–Crippen LogP) is 2.82. The second-order valence-electron chi connectivity index (χ2n) is 7.29. The fourth-order valence-electron chi connectivity index (χ4n) is 3.80. The highest BCUT2D eigenvalue weighted by Gasteiger charge is 2.24. The Morgan fingerprint density at radius 1 is 1.31 bits per heavy atom. The van der Waals surface area contributed by atoms with E-state index in [2.05, 4.69) is 51.7 Å². The lowest BCUT2D eigenvalue weighted by atomic mass is 10.1. The third kappa shape index (κ3) is 4.94. The first-order chi connectivity index (χ1) is 12.7. The normalized spacial score (nSPS) is 17.5. The largest absolute Gasteiger partial charge is 0.345 e. The summed E-state index contributed by atoms with van der Waals surface area (Å²) in [5.74, 6) is 1.85. The zero-order valence-corrected chi connectivity index (χ0v) is 16.0. The summed E-state index contributed by atoms with van der Waals surface area (Å²) in [4.78, 5) is 21.2. The lowest BCUT2D eigenvalue weighted by Gasteiger charge is -2.22. The van der Waals surface area contributed by atoms with Crippen molar-refractivity contribution in [1.82, 2.24) is 19.4 Å². The van der Waals surface area contributed by atoms with Crippen LogP contribution in [0.2, 0.25) is 0 Å². The molecule has 1 fully saturated rings. The van der Waals surface area contributed by atoms with Crippen molar-refractivity contribution >= 4 is 5.91 Å². The summed E-state index contributed by atoms with van der Waals surface area (Å²) < 4.78 is 2.09. The Labute approximate surface area is 156 Å². The number of amides is 1. The highest BCUT2D eigenvalue weighted by molar-refractivity contribution is 5.75. The Morgan fingerprint density at radius 3 is 2.88 bits per heavy atom. The van der Waals surface area contributed by atoms with Gasteiger partial charge in [0.2, 0.25) is 5.91 Å². The number of likely N-dealkylation sites (tertiary alicyclic amines) is 1. The van der Waals surface area contributed by atoms with Crippen molar-refractivity contribution < 1.29 is 4.79 Å². The number of aromatic nitrogens is 2. The highest BCUT2D eigenvalue weighted by Crippen LogP contribution is 2.19. The second kappa shape index (κ2) is 8.99. The topological polar surface area (TPSA) is 41.4 Å². The number of nitrogens with zero attached hydrogens (tertiary/aromatic N) is 4. The molecule has 3 rings (SSSR count). The summed E-state index contributed by atoms with van der Waals surface area (Å²) in [6.07, 6.45) is 6.39. The summed E-state index contributed by atoms with van der Waals surface area (Å²) in [6, 6.07) is 10.6. The third-order valence-corrected chi connectivity index (χ3v) is 5.26. The van der Waals surface area contributed by atoms with Gasteiger partial charge in [0.1, 0.15) is 5.82 Å². The average Bonchev–Trinajstić information content (AvgIpc) is 3.29. The molecule has 0 bridgehead atoms. The van der Waals surface area contributed by atoms with Crippen LogP contribution in [-0.2, 0) is 24.3 Å². The van der Waals surface area contributed by atoms with Gasteiger partial charge in [-0.15, -0.1) is 0 Å². The van der Waals surface area contributed by atoms with E-state index in [-0.39, 0.29) is 5.91 Å². The Hall–Kier alpha value is -2.14. The van der Waals surface area contributed by atoms with E-state index in [9.17, 15) is 4.79 Å². The van der Waals surface area contributed by atoms with Crippen LogP contribution in [0, 0.1) is 5.92 Å². The molecule has 2 heterocycles. The molecule has 1 aromatic carbocycles. The Bertz CT molecular complexity index is 697. The number of carbonyl (C=O) groups excluding carboxylic acids is 1. The molecule has 0 spiro atoms. The van der Waals surface area contributed by atoms with E-state index in [1.54, 1.807) is 0 Å². The van der Waals surface area contributed by atoms with E-state index in [1.165, 1.54) is 12.0 Å². The SMILES string of the molecule is CCc1nccn1CCC(=O)N(C)C[C@H]1CCN(Cc2ccccc2)C1. The van der Waals surface area contributed by atoms with Crippen molar-refractivity contribution in [2.45, 2.75) is 39.3 Å². The first-order valence-corrected chi connectivity index (χ1v) is 9.66. The van der Waals surface area contributed by atoms with Crippen LogP contribution < -0.4 is 0 Å². The summed E-state index contributed by atoms with van der Waals surface area (Å²) in [6.45, 7) is 6.87. The summed E-state index contributed by atoms with van der Waals surface area (Å²) in [5.41, 5.74) is 1.37. The van der Waals surface area contributed by atoms with Crippen LogP contribution in [0.3, 0.4) is 0 Å². The summed E-state index contributed by atoms with van der Waals surface area (Å²) in [7, 11) is 1.94. The van der Waals surface area contributed by atoms with Crippen LogP contribution in [0.25, 0.3) is 0 Å². The lowest BCUT2D eigenvalue weighted by Crippen LogP contribution is -2.33. The monoisotopic (exact) mass is 354 g/mol. The number of carbonyl (C=O) groups is 1. The molecule has 1 amide bonds. The molecule has 1 aromatic heterocycles. The molecular formula is C21H30N4O. The number of hydrogen-bond donors (Lipinski definition) is 0. The van der Waals surface area contributed by atoms with Crippen LogP contribution in [0.5, 0.6) is 0 Å². The quantitative estimate of drug-likeness (QED) is 0.732. The number of aryl methyl sites for hydroxylation is 2. The van der Waals surface area contributed by atoms with Gasteiger partial charge in [0.05, 0.1) is 0 Å². The zero-order chi connectivity index (χ0) is 18.4. The Morgan fingerprint density at radius 2 is 2.12 bits per heavy atom. The minimum absolute atomic E-state index is 0.224. The van der Waals surface area contributed by atoms with Gasteiger partial charge in [-0.3, -0.25) is 9.69 Å². The van der Waals surface area contributed by atoms with Gasteiger partial charge >= 0.3 is 0 Å². The number of imidazole rings is 1. The van der Waals surface area contributed by atoms with Crippen LogP contribution in [0.15, 0.2) is 42.7 Å². The fourth-order valence-corrected chi connectivity index (χ4v) is 3.80. The Kier molecular flexibility index (Phi) is 6.45. The minimum atomic E-state index is 0.224. The molecule has 1 saturated heterocycles. The highest BCUT2D eigenvalue weighted by atomic mass is 16.2. The van der Waals surface area contributed by atoms with Crippen LogP contribution in [-0.4, -0.2) is 51.9 Å². The van der Waals surface area contributed by atoms with E-state index >= 15 is 0 Å². The molecule has 5 nitrogen and oxygen atoms in total. The molecule has 0 radical (unpaired) electrons. The lowest BCUT2D eigenvalue weighted by molar-refractivity contribution is -0.130. The van der Waals surface area contributed by atoms with E-state index in [0.717, 1.165) is 45.0 Å². The van der Waals surface area contributed by atoms with E-state index in [4.69, 9.17) is 0 Å². The molecule has 0 saturated carbocycles. The second-order valence-corrected chi connectivity index (χ2v) is 7.29. The van der Waals surface area contributed by atoms with E-state index in [1.807, 2.05) is 24.3 Å².